The second-order valence-corrected chi connectivity index (χ2v) is 6.23. The van der Waals surface area contributed by atoms with Crippen molar-refractivity contribution in [3.63, 3.8) is 0 Å². The van der Waals surface area contributed by atoms with E-state index in [2.05, 4.69) is 31.0 Å². The Morgan fingerprint density at radius 3 is 2.24 bits per heavy atom. The maximum atomic E-state index is 3.83. The van der Waals surface area contributed by atoms with E-state index in [1.54, 1.807) is 0 Å². The van der Waals surface area contributed by atoms with E-state index in [1.165, 1.54) is 51.7 Å². The van der Waals surface area contributed by atoms with Crippen LogP contribution in [-0.2, 0) is 0 Å². The molecule has 17 heavy (non-hydrogen) atoms. The van der Waals surface area contributed by atoms with E-state index in [1.807, 2.05) is 0 Å². The summed E-state index contributed by atoms with van der Waals surface area (Å²) in [4.78, 5) is 2.64. The topological polar surface area (TPSA) is 15.3 Å². The summed E-state index contributed by atoms with van der Waals surface area (Å²) in [7, 11) is 0. The van der Waals surface area contributed by atoms with Crippen LogP contribution < -0.4 is 5.32 Å². The van der Waals surface area contributed by atoms with Gasteiger partial charge in [0, 0.05) is 25.2 Å². The molecule has 0 saturated heterocycles. The van der Waals surface area contributed by atoms with Crippen LogP contribution in [0.25, 0.3) is 0 Å². The summed E-state index contributed by atoms with van der Waals surface area (Å²) in [5.74, 6) is 1.74. The molecule has 2 saturated carbocycles. The third kappa shape index (κ3) is 3.69. The molecular weight excluding hydrogens is 208 g/mol. The lowest BCUT2D eigenvalue weighted by Gasteiger charge is -2.36. The predicted molar refractivity (Wildman–Crippen MR) is 74.2 cm³/mol. The van der Waals surface area contributed by atoms with E-state index in [9.17, 15) is 0 Å². The van der Waals surface area contributed by atoms with Crippen LogP contribution in [-0.4, -0.2) is 36.6 Å². The van der Waals surface area contributed by atoms with Crippen molar-refractivity contribution >= 4 is 0 Å². The summed E-state index contributed by atoms with van der Waals surface area (Å²) < 4.78 is 0. The molecule has 0 aliphatic heterocycles. The molecule has 1 N–H and O–H groups in total. The Kier molecular flexibility index (Phi) is 4.87. The molecule has 100 valence electrons. The average Bonchev–Trinajstić information content (AvgIpc) is 3.12. The van der Waals surface area contributed by atoms with Crippen LogP contribution in [0.15, 0.2) is 0 Å². The first-order valence-corrected chi connectivity index (χ1v) is 7.69. The Morgan fingerprint density at radius 2 is 1.71 bits per heavy atom. The molecule has 0 aromatic carbocycles. The van der Waals surface area contributed by atoms with E-state index in [4.69, 9.17) is 0 Å². The van der Waals surface area contributed by atoms with E-state index >= 15 is 0 Å². The Labute approximate surface area is 107 Å². The summed E-state index contributed by atoms with van der Waals surface area (Å²) >= 11 is 0. The number of rotatable bonds is 6. The van der Waals surface area contributed by atoms with Gasteiger partial charge in [0.15, 0.2) is 0 Å². The van der Waals surface area contributed by atoms with Crippen LogP contribution in [0.2, 0.25) is 0 Å². The lowest BCUT2D eigenvalue weighted by atomic mass is 9.79. The fourth-order valence-corrected chi connectivity index (χ4v) is 3.50. The number of hydrogen-bond acceptors (Lipinski definition) is 2. The van der Waals surface area contributed by atoms with Gasteiger partial charge >= 0.3 is 0 Å². The van der Waals surface area contributed by atoms with Crippen molar-refractivity contribution in [3.05, 3.63) is 0 Å². The van der Waals surface area contributed by atoms with Gasteiger partial charge in [-0.25, -0.2) is 0 Å². The largest absolute Gasteiger partial charge is 0.312 e. The van der Waals surface area contributed by atoms with Gasteiger partial charge in [-0.2, -0.15) is 0 Å². The van der Waals surface area contributed by atoms with Gasteiger partial charge in [-0.3, -0.25) is 4.90 Å². The Balaban J connectivity index is 1.69. The van der Waals surface area contributed by atoms with Crippen LogP contribution in [0.4, 0.5) is 0 Å². The van der Waals surface area contributed by atoms with E-state index in [0.717, 1.165) is 23.9 Å². The molecule has 2 unspecified atom stereocenters. The lowest BCUT2D eigenvalue weighted by Crippen LogP contribution is -2.46. The second kappa shape index (κ2) is 6.19. The zero-order valence-corrected chi connectivity index (χ0v) is 11.9. The third-order valence-electron chi connectivity index (χ3n) is 4.79. The van der Waals surface area contributed by atoms with Gasteiger partial charge in [0.2, 0.25) is 0 Å². The molecule has 2 aliphatic carbocycles. The minimum Gasteiger partial charge on any atom is -0.312 e. The molecule has 0 heterocycles. The summed E-state index contributed by atoms with van der Waals surface area (Å²) in [6, 6.07) is 1.68. The molecule has 2 heteroatoms. The Bertz CT molecular complexity index is 215. The molecule has 2 aliphatic rings. The van der Waals surface area contributed by atoms with Gasteiger partial charge in [-0.1, -0.05) is 27.2 Å². The number of hydrogen-bond donors (Lipinski definition) is 1. The molecule has 2 rings (SSSR count). The van der Waals surface area contributed by atoms with Crippen molar-refractivity contribution in [2.24, 2.45) is 11.8 Å². The number of nitrogens with zero attached hydrogens (tertiary/aromatic N) is 1. The zero-order valence-electron chi connectivity index (χ0n) is 11.9. The summed E-state index contributed by atoms with van der Waals surface area (Å²) in [5, 5.41) is 3.83. The van der Waals surface area contributed by atoms with E-state index in [0.29, 0.717) is 0 Å². The van der Waals surface area contributed by atoms with Crippen molar-refractivity contribution in [1.82, 2.24) is 10.2 Å². The molecule has 0 spiro atoms. The first-order valence-electron chi connectivity index (χ1n) is 7.69. The predicted octanol–water partition coefficient (Wildman–Crippen LogP) is 2.89. The number of likely N-dealkylation sites (N-methyl/N-ethyl adjacent to an activating group) is 1. The van der Waals surface area contributed by atoms with Crippen LogP contribution in [0, 0.1) is 11.8 Å². The van der Waals surface area contributed by atoms with Gasteiger partial charge in [0.1, 0.15) is 0 Å². The first-order chi connectivity index (χ1) is 8.22. The van der Waals surface area contributed by atoms with Gasteiger partial charge in [-0.05, 0) is 44.1 Å². The highest BCUT2D eigenvalue weighted by atomic mass is 15.2. The fraction of sp³-hybridized carbons (Fsp3) is 1.00. The molecule has 2 nitrogen and oxygen atoms in total. The fourth-order valence-electron chi connectivity index (χ4n) is 3.50. The van der Waals surface area contributed by atoms with Gasteiger partial charge in [0.05, 0.1) is 0 Å². The molecule has 0 bridgehead atoms. The Hall–Kier alpha value is -0.0800. The summed E-state index contributed by atoms with van der Waals surface area (Å²) in [6.45, 7) is 10.8. The Morgan fingerprint density at radius 1 is 1.06 bits per heavy atom. The molecule has 0 radical (unpaired) electrons. The summed E-state index contributed by atoms with van der Waals surface area (Å²) in [5.41, 5.74) is 0. The van der Waals surface area contributed by atoms with Crippen molar-refractivity contribution < 1.29 is 0 Å². The smallest absolute Gasteiger partial charge is 0.0119 e. The van der Waals surface area contributed by atoms with Crippen molar-refractivity contribution in [2.75, 3.05) is 19.6 Å². The molecule has 0 amide bonds. The molecule has 2 atom stereocenters. The normalized spacial score (nSPS) is 34.2. The van der Waals surface area contributed by atoms with E-state index in [-0.39, 0.29) is 0 Å². The van der Waals surface area contributed by atoms with Crippen LogP contribution in [0.5, 0.6) is 0 Å². The lowest BCUT2D eigenvalue weighted by molar-refractivity contribution is 0.195. The van der Waals surface area contributed by atoms with Crippen molar-refractivity contribution in [1.29, 1.82) is 0 Å². The SMILES string of the molecule is CCN(CCNC1C(C)CCCC1C)C1CC1. The molecule has 2 fully saturated rings. The van der Waals surface area contributed by atoms with Gasteiger partial charge < -0.3 is 5.32 Å². The van der Waals surface area contributed by atoms with Crippen LogP contribution in [0.1, 0.15) is 52.9 Å². The molecule has 0 aromatic rings. The first kappa shape index (κ1) is 13.4. The third-order valence-corrected chi connectivity index (χ3v) is 4.79. The minimum absolute atomic E-state index is 0.765. The highest BCUT2D eigenvalue weighted by Gasteiger charge is 2.29. The van der Waals surface area contributed by atoms with Gasteiger partial charge in [0.25, 0.3) is 0 Å². The zero-order chi connectivity index (χ0) is 12.3. The second-order valence-electron chi connectivity index (χ2n) is 6.23. The number of nitrogens with one attached hydrogen (secondary N) is 1. The maximum absolute atomic E-state index is 3.83. The van der Waals surface area contributed by atoms with Crippen LogP contribution >= 0.6 is 0 Å². The monoisotopic (exact) mass is 238 g/mol. The van der Waals surface area contributed by atoms with Crippen LogP contribution in [0.3, 0.4) is 0 Å². The van der Waals surface area contributed by atoms with Gasteiger partial charge in [-0.15, -0.1) is 0 Å². The van der Waals surface area contributed by atoms with E-state index < -0.39 is 0 Å². The maximum Gasteiger partial charge on any atom is 0.0119 e. The van der Waals surface area contributed by atoms with Crippen molar-refractivity contribution in [3.8, 4) is 0 Å². The highest BCUT2D eigenvalue weighted by molar-refractivity contribution is 4.86. The van der Waals surface area contributed by atoms with Crippen molar-refractivity contribution in [2.45, 2.75) is 65.0 Å². The standard InChI is InChI=1S/C15H30N2/c1-4-17(14-8-9-14)11-10-16-15-12(2)6-5-7-13(15)3/h12-16H,4-11H2,1-3H3. The minimum atomic E-state index is 0.765. The molecular formula is C15H30N2. The quantitative estimate of drug-likeness (QED) is 0.765. The highest BCUT2D eigenvalue weighted by Crippen LogP contribution is 2.29. The summed E-state index contributed by atoms with van der Waals surface area (Å²) in [6.07, 6.45) is 7.14. The molecule has 0 aromatic heterocycles. The average molecular weight is 238 g/mol.